The van der Waals surface area contributed by atoms with E-state index in [0.717, 1.165) is 17.4 Å². The minimum Gasteiger partial charge on any atom is -0.352 e. The van der Waals surface area contributed by atoms with Crippen LogP contribution in [-0.2, 0) is 24.4 Å². The average Bonchev–Trinajstić information content (AvgIpc) is 3.55. The van der Waals surface area contributed by atoms with Gasteiger partial charge in [0.05, 0.1) is 36.7 Å². The maximum Gasteiger partial charge on any atom is 0.389 e. The number of nitrogens with zero attached hydrogens (tertiary/aromatic N) is 4. The van der Waals surface area contributed by atoms with Crippen LogP contribution in [0.15, 0.2) is 24.4 Å². The van der Waals surface area contributed by atoms with Gasteiger partial charge in [-0.2, -0.15) is 36.2 Å². The number of rotatable bonds is 10. The van der Waals surface area contributed by atoms with E-state index in [1.54, 1.807) is 18.2 Å². The minimum atomic E-state index is -4.40. The Bertz CT molecular complexity index is 1340. The number of aromatic amines is 1. The number of amides is 2. The van der Waals surface area contributed by atoms with Crippen LogP contribution in [0.5, 0.6) is 0 Å². The van der Waals surface area contributed by atoms with Crippen LogP contribution in [0.2, 0.25) is 0 Å². The van der Waals surface area contributed by atoms with Crippen molar-refractivity contribution in [3.05, 3.63) is 41.5 Å². The molecule has 17 heteroatoms. The highest BCUT2D eigenvalue weighted by Gasteiger charge is 2.30. The van der Waals surface area contributed by atoms with Crippen molar-refractivity contribution in [2.75, 3.05) is 0 Å². The number of aromatic nitrogens is 5. The summed E-state index contributed by atoms with van der Waals surface area (Å²) in [5, 5.41) is 12.6. The van der Waals surface area contributed by atoms with Crippen molar-refractivity contribution in [3.63, 3.8) is 0 Å². The van der Waals surface area contributed by atoms with E-state index in [2.05, 4.69) is 30.8 Å². The summed E-state index contributed by atoms with van der Waals surface area (Å²) in [4.78, 5) is 32.1. The zero-order valence-corrected chi connectivity index (χ0v) is 22.9. The molecule has 3 aromatic rings. The van der Waals surface area contributed by atoms with Crippen molar-refractivity contribution in [2.45, 2.75) is 95.7 Å². The molecule has 3 N–H and O–H groups in total. The number of aryl methyl sites for hydroxylation is 1. The maximum absolute atomic E-state index is 12.2. The average molecular weight is 626 g/mol. The first-order valence-electron chi connectivity index (χ1n) is 13.5. The van der Waals surface area contributed by atoms with E-state index < -0.39 is 49.4 Å². The first kappa shape index (κ1) is 33.7. The second-order valence-corrected chi connectivity index (χ2v) is 10.1. The highest BCUT2D eigenvalue weighted by Crippen LogP contribution is 2.32. The van der Waals surface area contributed by atoms with Crippen molar-refractivity contribution < 1.29 is 44.7 Å². The molecule has 1 aliphatic rings. The molecule has 9 nitrogen and oxygen atoms in total. The Kier molecular flexibility index (Phi) is 11.4. The van der Waals surface area contributed by atoms with Crippen molar-refractivity contribution >= 4 is 22.8 Å². The summed E-state index contributed by atoms with van der Waals surface area (Å²) in [6.45, 7) is -0.0458. The molecular weight excluding hydrogens is 594 g/mol. The quantitative estimate of drug-likeness (QED) is 0.240. The van der Waals surface area contributed by atoms with Crippen molar-refractivity contribution in [2.24, 2.45) is 0 Å². The van der Waals surface area contributed by atoms with Crippen LogP contribution in [0, 0.1) is 0 Å². The lowest BCUT2D eigenvalue weighted by Crippen LogP contribution is -2.24. The van der Waals surface area contributed by atoms with Gasteiger partial charge >= 0.3 is 12.4 Å². The normalized spacial score (nSPS) is 15.1. The third-order valence-corrected chi connectivity index (χ3v) is 6.31. The largest absolute Gasteiger partial charge is 0.389 e. The molecule has 1 saturated carbocycles. The van der Waals surface area contributed by atoms with Crippen LogP contribution >= 0.6 is 0 Å². The van der Waals surface area contributed by atoms with Gasteiger partial charge < -0.3 is 15.6 Å². The number of alkyl halides is 8. The van der Waals surface area contributed by atoms with Crippen molar-refractivity contribution in [3.8, 4) is 0 Å². The lowest BCUT2D eigenvalue weighted by atomic mass is 9.97. The Morgan fingerprint density at radius 2 is 1.65 bits per heavy atom. The SMILES string of the molecule is FC1(F)CCCCC1.O=C(CCC(F)(F)F)NCc1ccc2nc(CNC(=O)c3cnn(CCCC(F)(F)F)n3)[nH]c2c1. The molecule has 0 aliphatic heterocycles. The van der Waals surface area contributed by atoms with Crippen LogP contribution in [0.4, 0.5) is 35.1 Å². The van der Waals surface area contributed by atoms with Crippen LogP contribution in [0.3, 0.4) is 0 Å². The number of carbonyl (C=O) groups is 2. The molecule has 0 saturated heterocycles. The minimum absolute atomic E-state index is 0.00203. The maximum atomic E-state index is 12.2. The second kappa shape index (κ2) is 14.6. The molecule has 0 bridgehead atoms. The fourth-order valence-electron chi connectivity index (χ4n) is 4.10. The standard InChI is InChI=1S/C20H21F6N7O2.C6H10F2/c21-19(22,23)5-1-7-33-29-10-15(32-33)18(35)28-11-16-30-13-3-2-12(8-14(13)31-16)9-27-17(34)4-6-20(24,25)26;7-6(8)4-2-1-3-5-6/h2-3,8,10H,1,4-7,9,11H2,(H,27,34)(H,28,35)(H,30,31);1-5H2. The van der Waals surface area contributed by atoms with Gasteiger partial charge in [-0.05, 0) is 37.0 Å². The van der Waals surface area contributed by atoms with Crippen LogP contribution in [-0.4, -0.2) is 55.1 Å². The lowest BCUT2D eigenvalue weighted by Gasteiger charge is -2.20. The first-order chi connectivity index (χ1) is 20.1. The van der Waals surface area contributed by atoms with E-state index in [4.69, 9.17) is 0 Å². The molecule has 2 heterocycles. The Morgan fingerprint density at radius 3 is 2.28 bits per heavy atom. The molecule has 43 heavy (non-hydrogen) atoms. The molecule has 2 aromatic heterocycles. The second-order valence-electron chi connectivity index (χ2n) is 10.1. The molecule has 0 spiro atoms. The molecule has 0 unspecified atom stereocenters. The number of hydrogen-bond acceptors (Lipinski definition) is 5. The molecule has 238 valence electrons. The van der Waals surface area contributed by atoms with E-state index in [-0.39, 0.29) is 44.6 Å². The summed E-state index contributed by atoms with van der Waals surface area (Å²) in [5.41, 5.74) is 1.74. The van der Waals surface area contributed by atoms with E-state index in [9.17, 15) is 44.7 Å². The predicted molar refractivity (Wildman–Crippen MR) is 138 cm³/mol. The summed E-state index contributed by atoms with van der Waals surface area (Å²) in [5.74, 6) is -3.22. The number of fused-ring (bicyclic) bond motifs is 1. The van der Waals surface area contributed by atoms with Crippen molar-refractivity contribution in [1.82, 2.24) is 35.6 Å². The van der Waals surface area contributed by atoms with Crippen LogP contribution in [0.25, 0.3) is 11.0 Å². The zero-order chi connectivity index (χ0) is 31.7. The summed E-state index contributed by atoms with van der Waals surface area (Å²) in [7, 11) is 0. The van der Waals surface area contributed by atoms with Gasteiger partial charge in [0.2, 0.25) is 11.8 Å². The van der Waals surface area contributed by atoms with E-state index >= 15 is 0 Å². The number of H-pyrrole nitrogens is 1. The fraction of sp³-hybridized carbons (Fsp3) is 0.577. The molecule has 1 aliphatic carbocycles. The van der Waals surface area contributed by atoms with Gasteiger partial charge in [-0.25, -0.2) is 13.8 Å². The highest BCUT2D eigenvalue weighted by molar-refractivity contribution is 5.91. The molecule has 4 rings (SSSR count). The van der Waals surface area contributed by atoms with Crippen LogP contribution < -0.4 is 10.6 Å². The van der Waals surface area contributed by atoms with Crippen LogP contribution in [0.1, 0.15) is 79.7 Å². The summed E-state index contributed by atoms with van der Waals surface area (Å²) >= 11 is 0. The summed E-state index contributed by atoms with van der Waals surface area (Å²) < 4.78 is 97.6. The number of benzene rings is 1. The van der Waals surface area contributed by atoms with Gasteiger partial charge in [0.1, 0.15) is 5.82 Å². The smallest absolute Gasteiger partial charge is 0.352 e. The Morgan fingerprint density at radius 1 is 0.953 bits per heavy atom. The molecule has 1 aromatic carbocycles. The van der Waals surface area contributed by atoms with Gasteiger partial charge in [-0.1, -0.05) is 12.5 Å². The summed E-state index contributed by atoms with van der Waals surface area (Å²) in [6, 6.07) is 4.98. The predicted octanol–water partition coefficient (Wildman–Crippen LogP) is 5.97. The number of carbonyl (C=O) groups excluding carboxylic acids is 2. The Labute approximate surface area is 240 Å². The number of halogens is 8. The molecule has 1 fully saturated rings. The topological polar surface area (TPSA) is 118 Å². The highest BCUT2D eigenvalue weighted by atomic mass is 19.4. The lowest BCUT2D eigenvalue weighted by molar-refractivity contribution is -0.144. The first-order valence-corrected chi connectivity index (χ1v) is 13.5. The zero-order valence-electron chi connectivity index (χ0n) is 22.9. The van der Waals surface area contributed by atoms with Gasteiger partial charge in [0.25, 0.3) is 5.91 Å². The van der Waals surface area contributed by atoms with Gasteiger partial charge in [0, 0.05) is 32.2 Å². The van der Waals surface area contributed by atoms with Crippen molar-refractivity contribution in [1.29, 1.82) is 0 Å². The molecule has 0 radical (unpaired) electrons. The molecular formula is C26H31F8N7O2. The number of nitrogens with one attached hydrogen (secondary N) is 3. The van der Waals surface area contributed by atoms with Gasteiger partial charge in [0.15, 0.2) is 5.69 Å². The Balaban J connectivity index is 0.000000546. The van der Waals surface area contributed by atoms with Gasteiger partial charge in [-0.3, -0.25) is 9.59 Å². The van der Waals surface area contributed by atoms with Gasteiger partial charge in [-0.15, -0.1) is 5.10 Å². The van der Waals surface area contributed by atoms with E-state index in [1.165, 1.54) is 0 Å². The monoisotopic (exact) mass is 625 g/mol. The van der Waals surface area contributed by atoms with E-state index in [0.29, 0.717) is 35.3 Å². The number of imidazole rings is 1. The Hall–Kier alpha value is -3.79. The van der Waals surface area contributed by atoms with E-state index in [1.807, 2.05) is 0 Å². The molecule has 0 atom stereocenters. The third kappa shape index (κ3) is 12.5. The molecule has 2 amide bonds. The summed E-state index contributed by atoms with van der Waals surface area (Å²) in [6.07, 6.45) is -7.89. The fourth-order valence-corrected chi connectivity index (χ4v) is 4.10. The number of hydrogen-bond donors (Lipinski definition) is 3. The third-order valence-electron chi connectivity index (χ3n) is 6.31.